The SMILES string of the molecule is CCCCCCCC(C)CC(O)[CH]c1ccccc1. The average molecular weight is 261 g/mol. The van der Waals surface area contributed by atoms with Crippen LogP contribution in [0.4, 0.5) is 0 Å². The average Bonchev–Trinajstić information content (AvgIpc) is 2.39. The van der Waals surface area contributed by atoms with Crippen LogP contribution < -0.4 is 0 Å². The van der Waals surface area contributed by atoms with Gasteiger partial charge in [0.2, 0.25) is 0 Å². The van der Waals surface area contributed by atoms with Gasteiger partial charge in [0.1, 0.15) is 0 Å². The van der Waals surface area contributed by atoms with E-state index in [1.165, 1.54) is 38.5 Å². The van der Waals surface area contributed by atoms with Crippen LogP contribution in [-0.4, -0.2) is 11.2 Å². The van der Waals surface area contributed by atoms with Crippen molar-refractivity contribution in [3.63, 3.8) is 0 Å². The molecule has 0 aliphatic rings. The molecule has 1 radical (unpaired) electrons. The van der Waals surface area contributed by atoms with E-state index in [-0.39, 0.29) is 6.10 Å². The standard InChI is InChI=1S/C18H29O/c1-3-4-5-6-8-11-16(2)14-18(19)15-17-12-9-7-10-13-17/h7,9-10,12-13,15-16,18-19H,3-6,8,11,14H2,1-2H3. The van der Waals surface area contributed by atoms with Crippen molar-refractivity contribution < 1.29 is 5.11 Å². The summed E-state index contributed by atoms with van der Waals surface area (Å²) in [7, 11) is 0. The minimum Gasteiger partial charge on any atom is -0.392 e. The molecular weight excluding hydrogens is 232 g/mol. The summed E-state index contributed by atoms with van der Waals surface area (Å²) in [5.41, 5.74) is 1.12. The van der Waals surface area contributed by atoms with E-state index in [2.05, 4.69) is 13.8 Å². The number of unbranched alkanes of at least 4 members (excludes halogenated alkanes) is 4. The molecule has 107 valence electrons. The second-order valence-electron chi connectivity index (χ2n) is 5.69. The zero-order valence-electron chi connectivity index (χ0n) is 12.5. The third kappa shape index (κ3) is 8.05. The smallest absolute Gasteiger partial charge is 0.0618 e. The highest BCUT2D eigenvalue weighted by Crippen LogP contribution is 2.18. The third-order valence-electron chi connectivity index (χ3n) is 3.63. The van der Waals surface area contributed by atoms with Crippen molar-refractivity contribution in [3.05, 3.63) is 42.3 Å². The highest BCUT2D eigenvalue weighted by Gasteiger charge is 2.11. The summed E-state index contributed by atoms with van der Waals surface area (Å²) in [6.45, 7) is 4.50. The van der Waals surface area contributed by atoms with Crippen molar-refractivity contribution in [1.29, 1.82) is 0 Å². The van der Waals surface area contributed by atoms with E-state index in [0.717, 1.165) is 12.0 Å². The van der Waals surface area contributed by atoms with Gasteiger partial charge in [-0.2, -0.15) is 0 Å². The summed E-state index contributed by atoms with van der Waals surface area (Å²) in [5, 5.41) is 10.1. The van der Waals surface area contributed by atoms with Gasteiger partial charge in [-0.25, -0.2) is 0 Å². The van der Waals surface area contributed by atoms with E-state index in [1.807, 2.05) is 36.8 Å². The van der Waals surface area contributed by atoms with Crippen LogP contribution in [0.1, 0.15) is 64.4 Å². The minimum absolute atomic E-state index is 0.312. The summed E-state index contributed by atoms with van der Waals surface area (Å²) in [4.78, 5) is 0. The Morgan fingerprint density at radius 2 is 1.74 bits per heavy atom. The minimum atomic E-state index is -0.312. The summed E-state index contributed by atoms with van der Waals surface area (Å²) in [5.74, 6) is 0.608. The van der Waals surface area contributed by atoms with Crippen molar-refractivity contribution in [2.75, 3.05) is 0 Å². The van der Waals surface area contributed by atoms with Gasteiger partial charge >= 0.3 is 0 Å². The Kier molecular flexibility index (Phi) is 8.57. The number of rotatable bonds is 10. The van der Waals surface area contributed by atoms with Crippen molar-refractivity contribution in [1.82, 2.24) is 0 Å². The number of aliphatic hydroxyl groups is 1. The van der Waals surface area contributed by atoms with Gasteiger partial charge in [-0.1, -0.05) is 82.7 Å². The fourth-order valence-electron chi connectivity index (χ4n) is 2.48. The second-order valence-corrected chi connectivity index (χ2v) is 5.69. The Labute approximate surface area is 119 Å². The maximum absolute atomic E-state index is 10.1. The van der Waals surface area contributed by atoms with Crippen LogP contribution in [0.15, 0.2) is 30.3 Å². The molecule has 2 atom stereocenters. The molecule has 0 saturated heterocycles. The summed E-state index contributed by atoms with van der Waals surface area (Å²) < 4.78 is 0. The van der Waals surface area contributed by atoms with Crippen LogP contribution in [0.2, 0.25) is 0 Å². The first-order valence-corrected chi connectivity index (χ1v) is 7.80. The molecule has 2 unspecified atom stereocenters. The highest BCUT2D eigenvalue weighted by molar-refractivity contribution is 5.23. The number of aliphatic hydroxyl groups excluding tert-OH is 1. The monoisotopic (exact) mass is 261 g/mol. The fraction of sp³-hybridized carbons (Fsp3) is 0.611. The van der Waals surface area contributed by atoms with Crippen LogP contribution in [0.3, 0.4) is 0 Å². The Morgan fingerprint density at radius 3 is 2.42 bits per heavy atom. The van der Waals surface area contributed by atoms with Gasteiger partial charge in [0.25, 0.3) is 0 Å². The van der Waals surface area contributed by atoms with Crippen LogP contribution in [0.5, 0.6) is 0 Å². The lowest BCUT2D eigenvalue weighted by molar-refractivity contribution is 0.175. The summed E-state index contributed by atoms with van der Waals surface area (Å²) in [6, 6.07) is 10.1. The fourth-order valence-corrected chi connectivity index (χ4v) is 2.48. The molecule has 1 aromatic rings. The van der Waals surface area contributed by atoms with Crippen LogP contribution >= 0.6 is 0 Å². The van der Waals surface area contributed by atoms with E-state index in [4.69, 9.17) is 0 Å². The Balaban J connectivity index is 2.12. The van der Waals surface area contributed by atoms with Crippen LogP contribution in [-0.2, 0) is 0 Å². The molecule has 0 spiro atoms. The van der Waals surface area contributed by atoms with Gasteiger partial charge in [0, 0.05) is 6.42 Å². The van der Waals surface area contributed by atoms with Crippen LogP contribution in [0, 0.1) is 12.3 Å². The molecule has 0 aliphatic heterocycles. The first kappa shape index (κ1) is 16.2. The Bertz CT molecular complexity index is 307. The van der Waals surface area contributed by atoms with Crippen molar-refractivity contribution in [2.24, 2.45) is 5.92 Å². The zero-order valence-corrected chi connectivity index (χ0v) is 12.5. The molecular formula is C18H29O. The van der Waals surface area contributed by atoms with E-state index >= 15 is 0 Å². The second kappa shape index (κ2) is 10.0. The van der Waals surface area contributed by atoms with Gasteiger partial charge in [0.05, 0.1) is 6.10 Å². The van der Waals surface area contributed by atoms with E-state index in [1.54, 1.807) is 0 Å². The predicted octanol–water partition coefficient (Wildman–Crippen LogP) is 4.99. The molecule has 0 amide bonds. The molecule has 0 heterocycles. The largest absolute Gasteiger partial charge is 0.392 e. The molecule has 1 aromatic carbocycles. The molecule has 0 aromatic heterocycles. The third-order valence-corrected chi connectivity index (χ3v) is 3.63. The van der Waals surface area contributed by atoms with E-state index in [9.17, 15) is 5.11 Å². The van der Waals surface area contributed by atoms with Crippen LogP contribution in [0.25, 0.3) is 0 Å². The lowest BCUT2D eigenvalue weighted by atomic mass is 9.94. The van der Waals surface area contributed by atoms with Crippen molar-refractivity contribution in [3.8, 4) is 0 Å². The molecule has 1 nitrogen and oxygen atoms in total. The zero-order chi connectivity index (χ0) is 13.9. The molecule has 0 bridgehead atoms. The Hall–Kier alpha value is -0.820. The summed E-state index contributed by atoms with van der Waals surface area (Å²) >= 11 is 0. The lowest BCUT2D eigenvalue weighted by Crippen LogP contribution is -2.13. The topological polar surface area (TPSA) is 20.2 Å². The van der Waals surface area contributed by atoms with E-state index in [0.29, 0.717) is 5.92 Å². The molecule has 1 heteroatoms. The number of hydrogen-bond donors (Lipinski definition) is 1. The normalized spacial score (nSPS) is 14.3. The number of benzene rings is 1. The van der Waals surface area contributed by atoms with Gasteiger partial charge < -0.3 is 5.11 Å². The highest BCUT2D eigenvalue weighted by atomic mass is 16.3. The molecule has 0 fully saturated rings. The van der Waals surface area contributed by atoms with Gasteiger partial charge in [0.15, 0.2) is 0 Å². The first-order chi connectivity index (χ1) is 9.22. The molecule has 1 N–H and O–H groups in total. The van der Waals surface area contributed by atoms with Gasteiger partial charge in [-0.3, -0.25) is 0 Å². The van der Waals surface area contributed by atoms with Gasteiger partial charge in [-0.15, -0.1) is 0 Å². The molecule has 19 heavy (non-hydrogen) atoms. The lowest BCUT2D eigenvalue weighted by Gasteiger charge is -2.16. The van der Waals surface area contributed by atoms with Gasteiger partial charge in [-0.05, 0) is 17.9 Å². The predicted molar refractivity (Wildman–Crippen MR) is 83.0 cm³/mol. The Morgan fingerprint density at radius 1 is 1.05 bits per heavy atom. The maximum atomic E-state index is 10.1. The van der Waals surface area contributed by atoms with E-state index < -0.39 is 0 Å². The van der Waals surface area contributed by atoms with Crippen molar-refractivity contribution >= 4 is 0 Å². The molecule has 0 saturated carbocycles. The first-order valence-electron chi connectivity index (χ1n) is 7.80. The maximum Gasteiger partial charge on any atom is 0.0618 e. The quantitative estimate of drug-likeness (QED) is 0.588. The number of hydrogen-bond acceptors (Lipinski definition) is 1. The van der Waals surface area contributed by atoms with Crippen molar-refractivity contribution in [2.45, 2.75) is 64.9 Å². The molecule has 1 rings (SSSR count). The summed E-state index contributed by atoms with van der Waals surface area (Å²) in [6.07, 6.45) is 10.4. The molecule has 0 aliphatic carbocycles.